The van der Waals surface area contributed by atoms with Gasteiger partial charge in [0.1, 0.15) is 11.4 Å². The third-order valence-corrected chi connectivity index (χ3v) is 5.97. The average Bonchev–Trinajstić information content (AvgIpc) is 3.21. The van der Waals surface area contributed by atoms with E-state index in [0.717, 1.165) is 23.5 Å². The smallest absolute Gasteiger partial charge is 0.117 e. The lowest BCUT2D eigenvalue weighted by Gasteiger charge is -2.22. The minimum atomic E-state index is 0.892. The van der Waals surface area contributed by atoms with Crippen molar-refractivity contribution in [2.45, 2.75) is 104 Å². The minimum absolute atomic E-state index is 0.892. The number of hydrogen-bond donors (Lipinski definition) is 1. The van der Waals surface area contributed by atoms with Crippen molar-refractivity contribution in [3.8, 4) is 11.3 Å². The molecule has 0 unspecified atom stereocenters. The van der Waals surface area contributed by atoms with Crippen LogP contribution in [0.3, 0.4) is 0 Å². The number of benzene rings is 1. The van der Waals surface area contributed by atoms with Crippen LogP contribution in [0.25, 0.3) is 11.3 Å². The standard InChI is InChI=1S/C26H44N4/c1-4-6-8-10-12-14-20-30(21-15-13-11-9-7-5-2)22-25-26(28-29-27-25)24-18-16-23(3)17-19-24/h16-19H,4-15,20-22H2,1-3H3,(H,27,28,29). The maximum atomic E-state index is 4.51. The van der Waals surface area contributed by atoms with Gasteiger partial charge in [-0.15, -0.1) is 0 Å². The van der Waals surface area contributed by atoms with Crippen molar-refractivity contribution in [3.63, 3.8) is 0 Å². The maximum Gasteiger partial charge on any atom is 0.117 e. The van der Waals surface area contributed by atoms with E-state index in [1.165, 1.54) is 95.7 Å². The second kappa shape index (κ2) is 15.2. The number of nitrogens with one attached hydrogen (secondary N) is 1. The molecule has 168 valence electrons. The van der Waals surface area contributed by atoms with E-state index in [0.29, 0.717) is 0 Å². The number of aromatic amines is 1. The van der Waals surface area contributed by atoms with E-state index in [-0.39, 0.29) is 0 Å². The number of H-pyrrole nitrogens is 1. The molecule has 0 amide bonds. The molecule has 0 bridgehead atoms. The van der Waals surface area contributed by atoms with E-state index in [2.05, 4.69) is 65.3 Å². The first kappa shape index (κ1) is 24.6. The first-order chi connectivity index (χ1) is 14.7. The fourth-order valence-corrected chi connectivity index (χ4v) is 4.02. The molecule has 0 fully saturated rings. The van der Waals surface area contributed by atoms with Crippen molar-refractivity contribution in [2.75, 3.05) is 13.1 Å². The highest BCUT2D eigenvalue weighted by Crippen LogP contribution is 2.22. The maximum absolute atomic E-state index is 4.51. The lowest BCUT2D eigenvalue weighted by Crippen LogP contribution is -2.26. The first-order valence-corrected chi connectivity index (χ1v) is 12.4. The van der Waals surface area contributed by atoms with E-state index in [1.54, 1.807) is 0 Å². The summed E-state index contributed by atoms with van der Waals surface area (Å²) >= 11 is 0. The van der Waals surface area contributed by atoms with Crippen LogP contribution in [-0.2, 0) is 6.54 Å². The molecule has 0 saturated carbocycles. The van der Waals surface area contributed by atoms with Crippen molar-refractivity contribution < 1.29 is 0 Å². The Morgan fingerprint density at radius 3 is 1.80 bits per heavy atom. The first-order valence-electron chi connectivity index (χ1n) is 12.4. The van der Waals surface area contributed by atoms with Crippen LogP contribution < -0.4 is 0 Å². The summed E-state index contributed by atoms with van der Waals surface area (Å²) in [4.78, 5) is 2.61. The van der Waals surface area contributed by atoms with Gasteiger partial charge >= 0.3 is 0 Å². The van der Waals surface area contributed by atoms with E-state index in [4.69, 9.17) is 0 Å². The summed E-state index contributed by atoms with van der Waals surface area (Å²) in [6.45, 7) is 9.92. The van der Waals surface area contributed by atoms with Crippen LogP contribution in [0, 0.1) is 6.92 Å². The van der Waals surface area contributed by atoms with Gasteiger partial charge in [0.2, 0.25) is 0 Å². The zero-order chi connectivity index (χ0) is 21.4. The number of nitrogens with zero attached hydrogens (tertiary/aromatic N) is 3. The van der Waals surface area contributed by atoms with Crippen LogP contribution in [0.15, 0.2) is 24.3 Å². The molecule has 1 heterocycles. The van der Waals surface area contributed by atoms with Gasteiger partial charge in [-0.05, 0) is 32.9 Å². The van der Waals surface area contributed by atoms with Gasteiger partial charge < -0.3 is 0 Å². The summed E-state index contributed by atoms with van der Waals surface area (Å²) in [5, 5.41) is 11.9. The SMILES string of the molecule is CCCCCCCCN(CCCCCCCC)Cc1n[nH]nc1-c1ccc(C)cc1. The van der Waals surface area contributed by atoms with Crippen LogP contribution in [-0.4, -0.2) is 33.4 Å². The van der Waals surface area contributed by atoms with Crippen LogP contribution in [0.5, 0.6) is 0 Å². The molecule has 0 aliphatic carbocycles. The molecule has 0 aliphatic rings. The molecule has 4 nitrogen and oxygen atoms in total. The quantitative estimate of drug-likeness (QED) is 0.277. The van der Waals surface area contributed by atoms with E-state index < -0.39 is 0 Å². The Morgan fingerprint density at radius 2 is 1.23 bits per heavy atom. The van der Waals surface area contributed by atoms with Gasteiger partial charge in [-0.3, -0.25) is 4.90 Å². The Bertz CT molecular complexity index is 646. The zero-order valence-corrected chi connectivity index (χ0v) is 19.8. The number of rotatable bonds is 17. The molecule has 0 saturated heterocycles. The van der Waals surface area contributed by atoms with Gasteiger partial charge in [0, 0.05) is 12.1 Å². The van der Waals surface area contributed by atoms with Crippen LogP contribution in [0.2, 0.25) is 0 Å². The Labute approximate surface area is 184 Å². The number of aryl methyl sites for hydroxylation is 1. The molecule has 2 rings (SSSR count). The highest BCUT2D eigenvalue weighted by Gasteiger charge is 2.14. The summed E-state index contributed by atoms with van der Waals surface area (Å²) in [5.74, 6) is 0. The lowest BCUT2D eigenvalue weighted by atomic mass is 10.1. The van der Waals surface area contributed by atoms with Gasteiger partial charge in [-0.25, -0.2) is 0 Å². The molecular formula is C26H44N4. The molecule has 1 N–H and O–H groups in total. The Balaban J connectivity index is 1.89. The summed E-state index contributed by atoms with van der Waals surface area (Å²) in [6, 6.07) is 8.61. The molecule has 2 aromatic rings. The molecule has 30 heavy (non-hydrogen) atoms. The molecule has 0 spiro atoms. The van der Waals surface area contributed by atoms with Gasteiger partial charge in [0.15, 0.2) is 0 Å². The number of hydrogen-bond acceptors (Lipinski definition) is 3. The second-order valence-electron chi connectivity index (χ2n) is 8.80. The highest BCUT2D eigenvalue weighted by atomic mass is 15.3. The summed E-state index contributed by atoms with van der Waals surface area (Å²) in [7, 11) is 0. The summed E-state index contributed by atoms with van der Waals surface area (Å²) < 4.78 is 0. The molecule has 0 radical (unpaired) electrons. The predicted molar refractivity (Wildman–Crippen MR) is 129 cm³/mol. The summed E-state index contributed by atoms with van der Waals surface area (Å²) in [5.41, 5.74) is 4.52. The topological polar surface area (TPSA) is 44.8 Å². The monoisotopic (exact) mass is 412 g/mol. The fourth-order valence-electron chi connectivity index (χ4n) is 4.02. The van der Waals surface area contributed by atoms with Crippen LogP contribution in [0.1, 0.15) is 102 Å². The van der Waals surface area contributed by atoms with E-state index in [9.17, 15) is 0 Å². The van der Waals surface area contributed by atoms with Crippen LogP contribution >= 0.6 is 0 Å². The fraction of sp³-hybridized carbons (Fsp3) is 0.692. The second-order valence-corrected chi connectivity index (χ2v) is 8.80. The molecule has 1 aromatic carbocycles. The van der Waals surface area contributed by atoms with Crippen molar-refractivity contribution in [2.24, 2.45) is 0 Å². The number of unbranched alkanes of at least 4 members (excludes halogenated alkanes) is 10. The summed E-state index contributed by atoms with van der Waals surface area (Å²) in [6.07, 6.45) is 16.2. The van der Waals surface area contributed by atoms with E-state index in [1.807, 2.05) is 0 Å². The van der Waals surface area contributed by atoms with Crippen molar-refractivity contribution in [1.29, 1.82) is 0 Å². The molecular weight excluding hydrogens is 368 g/mol. The Kier molecular flexibility index (Phi) is 12.4. The molecule has 4 heteroatoms. The van der Waals surface area contributed by atoms with E-state index >= 15 is 0 Å². The lowest BCUT2D eigenvalue weighted by molar-refractivity contribution is 0.249. The molecule has 0 atom stereocenters. The molecule has 1 aromatic heterocycles. The third kappa shape index (κ3) is 9.42. The minimum Gasteiger partial charge on any atom is -0.297 e. The van der Waals surface area contributed by atoms with Gasteiger partial charge in [-0.1, -0.05) is 108 Å². The largest absolute Gasteiger partial charge is 0.297 e. The van der Waals surface area contributed by atoms with Gasteiger partial charge in [0.25, 0.3) is 0 Å². The van der Waals surface area contributed by atoms with Crippen LogP contribution in [0.4, 0.5) is 0 Å². The van der Waals surface area contributed by atoms with Gasteiger partial charge in [0.05, 0.1) is 0 Å². The van der Waals surface area contributed by atoms with Crippen molar-refractivity contribution in [3.05, 3.63) is 35.5 Å². The average molecular weight is 413 g/mol. The predicted octanol–water partition coefficient (Wildman–Crippen LogP) is 7.30. The number of aromatic nitrogens is 3. The van der Waals surface area contributed by atoms with Crippen molar-refractivity contribution in [1.82, 2.24) is 20.3 Å². The van der Waals surface area contributed by atoms with Gasteiger partial charge in [-0.2, -0.15) is 15.4 Å². The highest BCUT2D eigenvalue weighted by molar-refractivity contribution is 5.61. The van der Waals surface area contributed by atoms with Crippen molar-refractivity contribution >= 4 is 0 Å². The zero-order valence-electron chi connectivity index (χ0n) is 19.8. The Morgan fingerprint density at radius 1 is 0.700 bits per heavy atom. The molecule has 0 aliphatic heterocycles. The normalized spacial score (nSPS) is 11.5. The Hall–Kier alpha value is -1.68. The third-order valence-electron chi connectivity index (χ3n) is 5.97.